The number of fused-ring (bicyclic) bond motifs is 1. The normalized spacial score (nSPS) is 16.6. The van der Waals surface area contributed by atoms with Gasteiger partial charge in [0.05, 0.1) is 18.1 Å². The number of likely N-dealkylation sites (tertiary alicyclic amines) is 1. The lowest BCUT2D eigenvalue weighted by molar-refractivity contribution is -0.122. The Hall–Kier alpha value is -2.42. The first kappa shape index (κ1) is 15.5. The number of carbonyl (C=O) groups is 1. The molecule has 124 valence electrons. The molecule has 0 atom stereocenters. The molecule has 2 aromatic heterocycles. The second kappa shape index (κ2) is 6.37. The second-order valence-electron chi connectivity index (χ2n) is 5.81. The van der Waals surface area contributed by atoms with E-state index in [2.05, 4.69) is 30.6 Å². The maximum atomic E-state index is 11.4. The first-order chi connectivity index (χ1) is 11.1. The number of amides is 1. The van der Waals surface area contributed by atoms with Crippen LogP contribution >= 0.6 is 0 Å². The van der Waals surface area contributed by atoms with Crippen molar-refractivity contribution in [3.05, 3.63) is 6.20 Å². The maximum absolute atomic E-state index is 11.4. The highest BCUT2D eigenvalue weighted by Gasteiger charge is 2.21. The van der Waals surface area contributed by atoms with Crippen molar-refractivity contribution in [3.63, 3.8) is 0 Å². The molecule has 1 aliphatic heterocycles. The third-order valence-corrected chi connectivity index (χ3v) is 4.19. The summed E-state index contributed by atoms with van der Waals surface area (Å²) in [5.74, 6) is 1.01. The number of hydrogen-bond acceptors (Lipinski definition) is 7. The molecule has 0 spiro atoms. The molecule has 0 aliphatic carbocycles. The van der Waals surface area contributed by atoms with E-state index >= 15 is 0 Å². The average molecular weight is 318 g/mol. The number of hydrogen-bond donors (Lipinski definition) is 3. The van der Waals surface area contributed by atoms with Crippen molar-refractivity contribution in [3.8, 4) is 0 Å². The number of anilines is 2. The van der Waals surface area contributed by atoms with Crippen LogP contribution in [-0.4, -0.2) is 63.3 Å². The van der Waals surface area contributed by atoms with E-state index in [-0.39, 0.29) is 11.9 Å². The Kier molecular flexibility index (Phi) is 4.28. The summed E-state index contributed by atoms with van der Waals surface area (Å²) in [6.07, 6.45) is 3.54. The van der Waals surface area contributed by atoms with Crippen LogP contribution in [0.1, 0.15) is 12.8 Å². The van der Waals surface area contributed by atoms with Crippen LogP contribution in [0.4, 0.5) is 11.8 Å². The molecule has 1 aliphatic rings. The van der Waals surface area contributed by atoms with E-state index in [1.165, 1.54) is 0 Å². The van der Waals surface area contributed by atoms with Crippen LogP contribution < -0.4 is 16.4 Å². The summed E-state index contributed by atoms with van der Waals surface area (Å²) in [5.41, 5.74) is 6.69. The molecule has 4 N–H and O–H groups in total. The standard InChI is InChI=1S/C14H22N8O/c1-16-11(23)8-22-5-3-9(4-6-22)18-14-19-12(15)10-7-17-21(2)13(10)20-14/h7,9H,3-6,8H2,1-2H3,(H,16,23)(H3,15,18,19,20). The zero-order valence-corrected chi connectivity index (χ0v) is 13.4. The minimum absolute atomic E-state index is 0.0502. The molecule has 0 aromatic carbocycles. The molecule has 1 saturated heterocycles. The number of aromatic nitrogens is 4. The Morgan fingerprint density at radius 3 is 2.83 bits per heavy atom. The number of rotatable bonds is 4. The molecule has 3 heterocycles. The zero-order valence-electron chi connectivity index (χ0n) is 13.4. The van der Waals surface area contributed by atoms with Crippen LogP contribution in [0.5, 0.6) is 0 Å². The molecule has 1 fully saturated rings. The fourth-order valence-corrected chi connectivity index (χ4v) is 2.81. The maximum Gasteiger partial charge on any atom is 0.233 e. The summed E-state index contributed by atoms with van der Waals surface area (Å²) in [7, 11) is 3.49. The molecule has 2 aromatic rings. The quantitative estimate of drug-likeness (QED) is 0.700. The van der Waals surface area contributed by atoms with Crippen molar-refractivity contribution in [2.45, 2.75) is 18.9 Å². The van der Waals surface area contributed by atoms with E-state index in [1.807, 2.05) is 7.05 Å². The topological polar surface area (TPSA) is 114 Å². The van der Waals surface area contributed by atoms with Crippen molar-refractivity contribution < 1.29 is 4.79 Å². The first-order valence-corrected chi connectivity index (χ1v) is 7.71. The van der Waals surface area contributed by atoms with Crippen LogP contribution in [0, 0.1) is 0 Å². The summed E-state index contributed by atoms with van der Waals surface area (Å²) >= 11 is 0. The molecular weight excluding hydrogens is 296 g/mol. The van der Waals surface area contributed by atoms with Crippen LogP contribution in [-0.2, 0) is 11.8 Å². The van der Waals surface area contributed by atoms with Gasteiger partial charge >= 0.3 is 0 Å². The van der Waals surface area contributed by atoms with Crippen LogP contribution in [0.25, 0.3) is 11.0 Å². The van der Waals surface area contributed by atoms with Gasteiger partial charge in [-0.2, -0.15) is 15.1 Å². The van der Waals surface area contributed by atoms with Gasteiger partial charge < -0.3 is 16.4 Å². The van der Waals surface area contributed by atoms with E-state index in [4.69, 9.17) is 5.73 Å². The predicted molar refractivity (Wildman–Crippen MR) is 87.9 cm³/mol. The van der Waals surface area contributed by atoms with Crippen LogP contribution in [0.2, 0.25) is 0 Å². The van der Waals surface area contributed by atoms with Crippen molar-refractivity contribution >= 4 is 28.7 Å². The summed E-state index contributed by atoms with van der Waals surface area (Å²) in [6.45, 7) is 2.19. The Morgan fingerprint density at radius 1 is 1.39 bits per heavy atom. The van der Waals surface area contributed by atoms with Gasteiger partial charge in [-0.1, -0.05) is 0 Å². The Labute approximate surface area is 134 Å². The summed E-state index contributed by atoms with van der Waals surface area (Å²) in [4.78, 5) is 22.4. The summed E-state index contributed by atoms with van der Waals surface area (Å²) < 4.78 is 1.69. The third kappa shape index (κ3) is 3.34. The average Bonchev–Trinajstić information content (AvgIpc) is 2.91. The third-order valence-electron chi connectivity index (χ3n) is 4.19. The Morgan fingerprint density at radius 2 is 2.13 bits per heavy atom. The lowest BCUT2D eigenvalue weighted by atomic mass is 10.1. The second-order valence-corrected chi connectivity index (χ2v) is 5.81. The number of nitrogens with zero attached hydrogens (tertiary/aromatic N) is 5. The van der Waals surface area contributed by atoms with E-state index in [1.54, 1.807) is 17.9 Å². The largest absolute Gasteiger partial charge is 0.383 e. The SMILES string of the molecule is CNC(=O)CN1CCC(Nc2nc(N)c3cnn(C)c3n2)CC1. The molecule has 9 nitrogen and oxygen atoms in total. The predicted octanol–water partition coefficient (Wildman–Crippen LogP) is -0.432. The fraction of sp³-hybridized carbons (Fsp3) is 0.571. The van der Waals surface area contributed by atoms with Gasteiger partial charge in [0.2, 0.25) is 11.9 Å². The van der Waals surface area contributed by atoms with E-state index in [0.29, 0.717) is 18.3 Å². The highest BCUT2D eigenvalue weighted by Crippen LogP contribution is 2.20. The van der Waals surface area contributed by atoms with Gasteiger partial charge in [0.25, 0.3) is 0 Å². The first-order valence-electron chi connectivity index (χ1n) is 7.71. The van der Waals surface area contributed by atoms with Gasteiger partial charge in [0, 0.05) is 33.2 Å². The van der Waals surface area contributed by atoms with Crippen molar-refractivity contribution in [1.82, 2.24) is 30.0 Å². The minimum atomic E-state index is 0.0502. The molecule has 0 radical (unpaired) electrons. The lowest BCUT2D eigenvalue weighted by Gasteiger charge is -2.31. The van der Waals surface area contributed by atoms with Gasteiger partial charge in [-0.15, -0.1) is 0 Å². The molecule has 23 heavy (non-hydrogen) atoms. The van der Waals surface area contributed by atoms with Crippen molar-refractivity contribution in [2.24, 2.45) is 7.05 Å². The highest BCUT2D eigenvalue weighted by molar-refractivity contribution is 5.86. The smallest absolute Gasteiger partial charge is 0.233 e. The minimum Gasteiger partial charge on any atom is -0.383 e. The monoisotopic (exact) mass is 318 g/mol. The Balaban J connectivity index is 1.62. The number of nitrogen functional groups attached to an aromatic ring is 1. The molecule has 9 heteroatoms. The van der Waals surface area contributed by atoms with E-state index < -0.39 is 0 Å². The lowest BCUT2D eigenvalue weighted by Crippen LogP contribution is -2.43. The summed E-state index contributed by atoms with van der Waals surface area (Å²) in [5, 5.41) is 10.9. The van der Waals surface area contributed by atoms with Gasteiger partial charge in [0.15, 0.2) is 5.65 Å². The number of aryl methyl sites for hydroxylation is 1. The van der Waals surface area contributed by atoms with E-state index in [9.17, 15) is 4.79 Å². The number of carbonyl (C=O) groups excluding carboxylic acids is 1. The van der Waals surface area contributed by atoms with Crippen molar-refractivity contribution in [1.29, 1.82) is 0 Å². The molecular formula is C14H22N8O. The fourth-order valence-electron chi connectivity index (χ4n) is 2.81. The molecule has 3 rings (SSSR count). The summed E-state index contributed by atoms with van der Waals surface area (Å²) in [6, 6.07) is 0.279. The van der Waals surface area contributed by atoms with E-state index in [0.717, 1.165) is 37.0 Å². The number of nitrogens with one attached hydrogen (secondary N) is 2. The van der Waals surface area contributed by atoms with Gasteiger partial charge in [0.1, 0.15) is 5.82 Å². The van der Waals surface area contributed by atoms with Gasteiger partial charge in [-0.05, 0) is 12.8 Å². The van der Waals surface area contributed by atoms with Crippen LogP contribution in [0.15, 0.2) is 6.20 Å². The van der Waals surface area contributed by atoms with Crippen molar-refractivity contribution in [2.75, 3.05) is 37.7 Å². The number of likely N-dealkylation sites (N-methyl/N-ethyl adjacent to an activating group) is 1. The molecule has 0 unspecified atom stereocenters. The van der Waals surface area contributed by atoms with Gasteiger partial charge in [-0.25, -0.2) is 0 Å². The molecule has 0 bridgehead atoms. The van der Waals surface area contributed by atoms with Gasteiger partial charge in [-0.3, -0.25) is 14.4 Å². The highest BCUT2D eigenvalue weighted by atomic mass is 16.1. The molecule has 0 saturated carbocycles. The number of nitrogens with two attached hydrogens (primary N) is 1. The Bertz CT molecular complexity index is 704. The number of piperidine rings is 1. The molecule has 1 amide bonds. The van der Waals surface area contributed by atoms with Crippen LogP contribution in [0.3, 0.4) is 0 Å². The zero-order chi connectivity index (χ0) is 16.4.